The first kappa shape index (κ1) is 29.4. The Kier molecular flexibility index (Phi) is 8.34. The van der Waals surface area contributed by atoms with Gasteiger partial charge in [-0.2, -0.15) is 0 Å². The number of esters is 1. The van der Waals surface area contributed by atoms with Crippen LogP contribution in [0, 0.1) is 19.3 Å². The highest BCUT2D eigenvalue weighted by atomic mass is 16.6. The van der Waals surface area contributed by atoms with Crippen molar-refractivity contribution in [3.63, 3.8) is 0 Å². The number of benzene rings is 2. The molecule has 2 fully saturated rings. The molecule has 1 aliphatic heterocycles. The zero-order valence-electron chi connectivity index (χ0n) is 25.7. The van der Waals surface area contributed by atoms with Crippen LogP contribution in [-0.2, 0) is 16.0 Å². The fourth-order valence-corrected chi connectivity index (χ4v) is 7.10. The summed E-state index contributed by atoms with van der Waals surface area (Å²) < 4.78 is 12.8. The molecule has 0 N–H and O–H groups in total. The number of unbranched alkanes of at least 4 members (excludes halogenated alkanes) is 1. The fourth-order valence-electron chi connectivity index (χ4n) is 7.10. The molecule has 1 aliphatic carbocycles. The Bertz CT molecular complexity index is 1410. The van der Waals surface area contributed by atoms with Crippen molar-refractivity contribution in [1.82, 2.24) is 9.47 Å². The average Bonchev–Trinajstić information content (AvgIpc) is 3.36. The molecule has 1 aromatic heterocycles. The molecule has 5 rings (SSSR count). The lowest BCUT2D eigenvalue weighted by molar-refractivity contribution is -0.106. The number of carbonyl (C=O) groups is 2. The number of aromatic nitrogens is 1. The molecular formula is C35H46N2O4. The summed E-state index contributed by atoms with van der Waals surface area (Å²) >= 11 is 0. The van der Waals surface area contributed by atoms with Crippen molar-refractivity contribution in [3.8, 4) is 0 Å². The number of aryl methyl sites for hydroxylation is 2. The van der Waals surface area contributed by atoms with Crippen LogP contribution in [-0.4, -0.2) is 40.3 Å². The first-order valence-corrected chi connectivity index (χ1v) is 15.4. The third-order valence-electron chi connectivity index (χ3n) is 8.95. The second-order valence-corrected chi connectivity index (χ2v) is 13.3. The Morgan fingerprint density at radius 1 is 1.00 bits per heavy atom. The number of ether oxygens (including phenoxy) is 2. The molecule has 3 aromatic rings. The monoisotopic (exact) mass is 558 g/mol. The van der Waals surface area contributed by atoms with Crippen LogP contribution in [0.2, 0.25) is 0 Å². The van der Waals surface area contributed by atoms with Gasteiger partial charge < -0.3 is 9.47 Å². The maximum atomic E-state index is 13.1. The van der Waals surface area contributed by atoms with Crippen molar-refractivity contribution >= 4 is 23.0 Å². The molecule has 2 heterocycles. The van der Waals surface area contributed by atoms with E-state index in [0.29, 0.717) is 18.2 Å². The topological polar surface area (TPSA) is 60.8 Å². The van der Waals surface area contributed by atoms with E-state index in [-0.39, 0.29) is 17.5 Å². The molecule has 2 aromatic carbocycles. The van der Waals surface area contributed by atoms with Gasteiger partial charge in [0, 0.05) is 36.1 Å². The van der Waals surface area contributed by atoms with E-state index in [9.17, 15) is 9.59 Å². The molecule has 41 heavy (non-hydrogen) atoms. The number of fused-ring (bicyclic) bond motifs is 1. The van der Waals surface area contributed by atoms with Gasteiger partial charge >= 0.3 is 12.1 Å². The quantitative estimate of drug-likeness (QED) is 0.215. The molecule has 6 nitrogen and oxygen atoms in total. The maximum absolute atomic E-state index is 13.1. The minimum atomic E-state index is -0.559. The summed E-state index contributed by atoms with van der Waals surface area (Å²) in [5, 5.41) is 1.11. The molecule has 2 aliphatic rings. The van der Waals surface area contributed by atoms with E-state index in [1.165, 1.54) is 48.8 Å². The molecule has 6 heteroatoms. The Balaban J connectivity index is 1.44. The maximum Gasteiger partial charge on any atom is 0.418 e. The molecule has 1 spiro atoms. The van der Waals surface area contributed by atoms with Gasteiger partial charge in [-0.05, 0) is 94.3 Å². The van der Waals surface area contributed by atoms with Gasteiger partial charge in [0.1, 0.15) is 5.60 Å². The zero-order valence-corrected chi connectivity index (χ0v) is 25.7. The van der Waals surface area contributed by atoms with Crippen LogP contribution in [0.4, 0.5) is 4.79 Å². The van der Waals surface area contributed by atoms with E-state index in [0.717, 1.165) is 42.4 Å². The van der Waals surface area contributed by atoms with Crippen molar-refractivity contribution < 1.29 is 19.1 Å². The van der Waals surface area contributed by atoms with Crippen molar-refractivity contribution in [2.45, 2.75) is 105 Å². The van der Waals surface area contributed by atoms with Gasteiger partial charge in [-0.15, -0.1) is 0 Å². The highest BCUT2D eigenvalue weighted by Gasteiger charge is 2.52. The number of hydrogen-bond acceptors (Lipinski definition) is 5. The van der Waals surface area contributed by atoms with Gasteiger partial charge in [0.25, 0.3) is 0 Å². The largest absolute Gasteiger partial charge is 0.462 e. The summed E-state index contributed by atoms with van der Waals surface area (Å²) in [6.07, 6.45) is 9.74. The lowest BCUT2D eigenvalue weighted by Crippen LogP contribution is -2.58. The Hall–Kier alpha value is -3.12. The van der Waals surface area contributed by atoms with E-state index in [4.69, 9.17) is 9.47 Å². The standard InChI is InChI=1S/C35H46N2O4/c1-7-8-20-40-32(38)27-14-12-26(13-15-27)31-35(17-10-9-11-18-35)23-36(31)22-29-24(2)21-25(3)30-28(29)16-19-37(30)33(39)41-34(4,5)6/h12-16,19,21,31H,7-11,17-18,20,22-23H2,1-6H3. The lowest BCUT2D eigenvalue weighted by atomic mass is 9.60. The van der Waals surface area contributed by atoms with E-state index < -0.39 is 5.60 Å². The first-order valence-electron chi connectivity index (χ1n) is 15.4. The third kappa shape index (κ3) is 5.94. The van der Waals surface area contributed by atoms with Crippen molar-refractivity contribution in [1.29, 1.82) is 0 Å². The normalized spacial score (nSPS) is 18.8. The van der Waals surface area contributed by atoms with Crippen LogP contribution >= 0.6 is 0 Å². The molecule has 220 valence electrons. The Morgan fingerprint density at radius 3 is 2.37 bits per heavy atom. The molecule has 1 unspecified atom stereocenters. The molecule has 0 radical (unpaired) electrons. The summed E-state index contributed by atoms with van der Waals surface area (Å²) in [5.74, 6) is -0.241. The van der Waals surface area contributed by atoms with Gasteiger partial charge in [-0.1, -0.05) is 50.8 Å². The van der Waals surface area contributed by atoms with E-state index in [2.05, 4.69) is 49.9 Å². The SMILES string of the molecule is CCCCOC(=O)c1ccc(C2N(Cc3c(C)cc(C)c4c3ccn4C(=O)OC(C)(C)C)CC23CCCCC3)cc1. The van der Waals surface area contributed by atoms with Crippen molar-refractivity contribution in [2.75, 3.05) is 13.2 Å². The molecular weight excluding hydrogens is 512 g/mol. The Morgan fingerprint density at radius 2 is 1.71 bits per heavy atom. The summed E-state index contributed by atoms with van der Waals surface area (Å²) in [6.45, 7) is 14.4. The van der Waals surface area contributed by atoms with Crippen molar-refractivity contribution in [3.05, 3.63) is 70.4 Å². The molecule has 1 saturated carbocycles. The summed E-state index contributed by atoms with van der Waals surface area (Å²) in [5.41, 5.74) is 6.11. The molecule has 0 amide bonds. The first-order chi connectivity index (χ1) is 19.5. The highest BCUT2D eigenvalue weighted by Crippen LogP contribution is 2.57. The highest BCUT2D eigenvalue weighted by molar-refractivity contribution is 5.94. The van der Waals surface area contributed by atoms with Crippen LogP contribution < -0.4 is 0 Å². The van der Waals surface area contributed by atoms with Gasteiger partial charge in [0.2, 0.25) is 0 Å². The number of likely N-dealkylation sites (tertiary alicyclic amines) is 1. The van der Waals surface area contributed by atoms with E-state index >= 15 is 0 Å². The number of rotatable bonds is 7. The predicted molar refractivity (Wildman–Crippen MR) is 163 cm³/mol. The lowest BCUT2D eigenvalue weighted by Gasteiger charge is -2.60. The summed E-state index contributed by atoms with van der Waals surface area (Å²) in [7, 11) is 0. The fraction of sp³-hybridized carbons (Fsp3) is 0.543. The minimum Gasteiger partial charge on any atom is -0.462 e. The van der Waals surface area contributed by atoms with Crippen molar-refractivity contribution in [2.24, 2.45) is 5.41 Å². The third-order valence-corrected chi connectivity index (χ3v) is 8.95. The summed E-state index contributed by atoms with van der Waals surface area (Å²) in [4.78, 5) is 28.2. The van der Waals surface area contributed by atoms with Crippen LogP contribution in [0.15, 0.2) is 42.6 Å². The van der Waals surface area contributed by atoms with Crippen LogP contribution in [0.1, 0.15) is 111 Å². The van der Waals surface area contributed by atoms with E-state index in [1.54, 1.807) is 4.57 Å². The van der Waals surface area contributed by atoms with Gasteiger partial charge in [0.15, 0.2) is 0 Å². The Labute approximate surface area is 245 Å². The van der Waals surface area contributed by atoms with Gasteiger partial charge in [0.05, 0.1) is 17.7 Å². The van der Waals surface area contributed by atoms with Crippen LogP contribution in [0.3, 0.4) is 0 Å². The smallest absolute Gasteiger partial charge is 0.418 e. The van der Waals surface area contributed by atoms with Crippen LogP contribution in [0.5, 0.6) is 0 Å². The number of carbonyl (C=O) groups excluding carboxylic acids is 2. The minimum absolute atomic E-state index is 0.241. The number of nitrogens with zero attached hydrogens (tertiary/aromatic N) is 2. The molecule has 1 saturated heterocycles. The molecule has 1 atom stereocenters. The average molecular weight is 559 g/mol. The van der Waals surface area contributed by atoms with Gasteiger partial charge in [-0.3, -0.25) is 9.47 Å². The van der Waals surface area contributed by atoms with Gasteiger partial charge in [-0.25, -0.2) is 9.59 Å². The zero-order chi connectivity index (χ0) is 29.4. The predicted octanol–water partition coefficient (Wildman–Crippen LogP) is 8.51. The number of hydrogen-bond donors (Lipinski definition) is 0. The van der Waals surface area contributed by atoms with E-state index in [1.807, 2.05) is 39.1 Å². The summed E-state index contributed by atoms with van der Waals surface area (Å²) in [6, 6.07) is 12.7. The van der Waals surface area contributed by atoms with Crippen LogP contribution in [0.25, 0.3) is 10.9 Å². The second kappa shape index (κ2) is 11.6. The second-order valence-electron chi connectivity index (χ2n) is 13.3. The molecule has 0 bridgehead atoms.